The van der Waals surface area contributed by atoms with Gasteiger partial charge in [-0.15, -0.1) is 0 Å². The number of para-hydroxylation sites is 1. The molecule has 0 fully saturated rings. The second kappa shape index (κ2) is 7.26. The maximum absolute atomic E-state index is 12.5. The summed E-state index contributed by atoms with van der Waals surface area (Å²) in [4.78, 5) is 0.282. The van der Waals surface area contributed by atoms with Gasteiger partial charge in [-0.2, -0.15) is 0 Å². The molecule has 118 valence electrons. The van der Waals surface area contributed by atoms with E-state index in [2.05, 4.69) is 15.9 Å². The average molecular weight is 384 g/mol. The molecule has 0 aliphatic rings. The van der Waals surface area contributed by atoms with Crippen molar-refractivity contribution in [3.63, 3.8) is 0 Å². The van der Waals surface area contributed by atoms with E-state index in [1.54, 1.807) is 38.4 Å². The molecule has 0 heterocycles. The Morgan fingerprint density at radius 3 is 2.55 bits per heavy atom. The first-order valence-corrected chi connectivity index (χ1v) is 9.02. The summed E-state index contributed by atoms with van der Waals surface area (Å²) >= 11 is 3.30. The van der Waals surface area contributed by atoms with E-state index >= 15 is 0 Å². The molecule has 0 spiro atoms. The van der Waals surface area contributed by atoms with Gasteiger partial charge in [0.05, 0.1) is 12.0 Å². The third kappa shape index (κ3) is 3.88. The van der Waals surface area contributed by atoms with Crippen LogP contribution in [0.5, 0.6) is 5.75 Å². The Labute approximate surface area is 139 Å². The van der Waals surface area contributed by atoms with E-state index in [9.17, 15) is 8.42 Å². The maximum atomic E-state index is 12.5. The Morgan fingerprint density at radius 1 is 1.14 bits per heavy atom. The van der Waals surface area contributed by atoms with Gasteiger partial charge in [-0.1, -0.05) is 40.2 Å². The summed E-state index contributed by atoms with van der Waals surface area (Å²) < 4.78 is 32.5. The van der Waals surface area contributed by atoms with Gasteiger partial charge in [0.1, 0.15) is 5.75 Å². The van der Waals surface area contributed by atoms with Crippen molar-refractivity contribution in [2.75, 3.05) is 20.7 Å². The minimum Gasteiger partial charge on any atom is -0.496 e. The number of benzene rings is 2. The zero-order chi connectivity index (χ0) is 16.2. The number of sulfonamides is 1. The Bertz CT molecular complexity index is 747. The highest BCUT2D eigenvalue weighted by Gasteiger charge is 2.20. The second-order valence-electron chi connectivity index (χ2n) is 4.85. The SMILES string of the molecule is COc1ccccc1CCN(C)S(=O)(=O)c1cccc(Br)c1. The Hall–Kier alpha value is -1.37. The molecule has 6 heteroatoms. The third-order valence-electron chi connectivity index (χ3n) is 3.39. The second-order valence-corrected chi connectivity index (χ2v) is 7.81. The van der Waals surface area contributed by atoms with E-state index in [4.69, 9.17) is 4.74 Å². The molecule has 4 nitrogen and oxygen atoms in total. The Kier molecular flexibility index (Phi) is 5.61. The molecule has 0 atom stereocenters. The van der Waals surface area contributed by atoms with Crippen LogP contribution < -0.4 is 4.74 Å². The van der Waals surface area contributed by atoms with E-state index in [0.29, 0.717) is 13.0 Å². The van der Waals surface area contributed by atoms with Crippen molar-refractivity contribution in [2.24, 2.45) is 0 Å². The first kappa shape index (κ1) is 17.0. The number of hydrogen-bond acceptors (Lipinski definition) is 3. The molecule has 0 saturated carbocycles. The number of halogens is 1. The molecule has 0 aromatic heterocycles. The monoisotopic (exact) mass is 383 g/mol. The fraction of sp³-hybridized carbons (Fsp3) is 0.250. The molecule has 2 rings (SSSR count). The topological polar surface area (TPSA) is 46.6 Å². The van der Waals surface area contributed by atoms with Gasteiger partial charge >= 0.3 is 0 Å². The number of hydrogen-bond donors (Lipinski definition) is 0. The van der Waals surface area contributed by atoms with Crippen LogP contribution >= 0.6 is 15.9 Å². The van der Waals surface area contributed by atoms with Crippen molar-refractivity contribution in [2.45, 2.75) is 11.3 Å². The van der Waals surface area contributed by atoms with Crippen LogP contribution in [0.1, 0.15) is 5.56 Å². The van der Waals surface area contributed by atoms with Crippen molar-refractivity contribution < 1.29 is 13.2 Å². The molecule has 2 aromatic rings. The highest BCUT2D eigenvalue weighted by Crippen LogP contribution is 2.21. The summed E-state index contributed by atoms with van der Waals surface area (Å²) in [5, 5.41) is 0. The van der Waals surface area contributed by atoms with Crippen LogP contribution in [-0.4, -0.2) is 33.4 Å². The predicted octanol–water partition coefficient (Wildman–Crippen LogP) is 3.32. The Balaban J connectivity index is 2.13. The highest BCUT2D eigenvalue weighted by molar-refractivity contribution is 9.10. The lowest BCUT2D eigenvalue weighted by molar-refractivity contribution is 0.406. The number of nitrogens with zero attached hydrogens (tertiary/aromatic N) is 1. The summed E-state index contributed by atoms with van der Waals surface area (Å²) in [5.74, 6) is 0.774. The van der Waals surface area contributed by atoms with Crippen LogP contribution in [0.2, 0.25) is 0 Å². The maximum Gasteiger partial charge on any atom is 0.242 e. The summed E-state index contributed by atoms with van der Waals surface area (Å²) in [7, 11) is -0.288. The molecule has 0 radical (unpaired) electrons. The lowest BCUT2D eigenvalue weighted by Gasteiger charge is -2.18. The fourth-order valence-corrected chi connectivity index (χ4v) is 3.88. The van der Waals surface area contributed by atoms with Crippen LogP contribution in [0.3, 0.4) is 0 Å². The molecule has 2 aromatic carbocycles. The molecule has 22 heavy (non-hydrogen) atoms. The minimum absolute atomic E-state index is 0.282. The summed E-state index contributed by atoms with van der Waals surface area (Å²) in [6, 6.07) is 14.3. The molecule has 0 unspecified atom stereocenters. The molecule has 0 bridgehead atoms. The molecule has 0 aliphatic carbocycles. The van der Waals surface area contributed by atoms with Gasteiger partial charge in [0.15, 0.2) is 0 Å². The van der Waals surface area contributed by atoms with Gasteiger partial charge in [-0.05, 0) is 36.2 Å². The zero-order valence-corrected chi connectivity index (χ0v) is 14.9. The van der Waals surface area contributed by atoms with Crippen molar-refractivity contribution in [3.8, 4) is 5.75 Å². The van der Waals surface area contributed by atoms with Crippen LogP contribution in [0.4, 0.5) is 0 Å². The van der Waals surface area contributed by atoms with Gasteiger partial charge in [0.25, 0.3) is 0 Å². The van der Waals surface area contributed by atoms with Crippen LogP contribution in [0.25, 0.3) is 0 Å². The molecule has 0 N–H and O–H groups in total. The normalized spacial score (nSPS) is 11.6. The van der Waals surface area contributed by atoms with Gasteiger partial charge in [0.2, 0.25) is 10.0 Å². The number of likely N-dealkylation sites (N-methyl/N-ethyl adjacent to an activating group) is 1. The number of ether oxygens (including phenoxy) is 1. The van der Waals surface area contributed by atoms with E-state index in [1.807, 2.05) is 24.3 Å². The third-order valence-corrected chi connectivity index (χ3v) is 5.74. The van der Waals surface area contributed by atoms with E-state index in [1.165, 1.54) is 4.31 Å². The predicted molar refractivity (Wildman–Crippen MR) is 90.7 cm³/mol. The number of rotatable bonds is 6. The van der Waals surface area contributed by atoms with Gasteiger partial charge in [-0.3, -0.25) is 0 Å². The standard InChI is InChI=1S/C16H18BrNO3S/c1-18(11-10-13-6-3-4-9-16(13)21-2)22(19,20)15-8-5-7-14(17)12-15/h3-9,12H,10-11H2,1-2H3. The average Bonchev–Trinajstić information content (AvgIpc) is 2.52. The van der Waals surface area contributed by atoms with E-state index in [0.717, 1.165) is 15.8 Å². The lowest BCUT2D eigenvalue weighted by Crippen LogP contribution is -2.29. The van der Waals surface area contributed by atoms with Crippen molar-refractivity contribution in [1.82, 2.24) is 4.31 Å². The van der Waals surface area contributed by atoms with Crippen LogP contribution in [0.15, 0.2) is 57.9 Å². The molecule has 0 amide bonds. The molecular weight excluding hydrogens is 366 g/mol. The van der Waals surface area contributed by atoms with E-state index < -0.39 is 10.0 Å². The first-order valence-electron chi connectivity index (χ1n) is 6.79. The van der Waals surface area contributed by atoms with E-state index in [-0.39, 0.29) is 4.90 Å². The van der Waals surface area contributed by atoms with Crippen LogP contribution in [-0.2, 0) is 16.4 Å². The fourth-order valence-electron chi connectivity index (χ4n) is 2.11. The zero-order valence-electron chi connectivity index (χ0n) is 12.5. The Morgan fingerprint density at radius 2 is 1.86 bits per heavy atom. The minimum atomic E-state index is -3.49. The summed E-state index contributed by atoms with van der Waals surface area (Å²) in [5.41, 5.74) is 0.987. The first-order chi connectivity index (χ1) is 10.4. The number of methoxy groups -OCH3 is 1. The lowest BCUT2D eigenvalue weighted by atomic mass is 10.1. The van der Waals surface area contributed by atoms with Gasteiger partial charge in [-0.25, -0.2) is 12.7 Å². The van der Waals surface area contributed by atoms with Crippen molar-refractivity contribution in [1.29, 1.82) is 0 Å². The molecule has 0 saturated heterocycles. The highest BCUT2D eigenvalue weighted by atomic mass is 79.9. The smallest absolute Gasteiger partial charge is 0.242 e. The van der Waals surface area contributed by atoms with Crippen molar-refractivity contribution in [3.05, 3.63) is 58.6 Å². The summed E-state index contributed by atoms with van der Waals surface area (Å²) in [6.07, 6.45) is 0.591. The largest absolute Gasteiger partial charge is 0.496 e. The van der Waals surface area contributed by atoms with Crippen LogP contribution in [0, 0.1) is 0 Å². The molecule has 0 aliphatic heterocycles. The van der Waals surface area contributed by atoms with Crippen molar-refractivity contribution >= 4 is 26.0 Å². The van der Waals surface area contributed by atoms with Gasteiger partial charge in [0, 0.05) is 18.1 Å². The quantitative estimate of drug-likeness (QED) is 0.768. The van der Waals surface area contributed by atoms with Gasteiger partial charge < -0.3 is 4.74 Å². The summed E-state index contributed by atoms with van der Waals surface area (Å²) in [6.45, 7) is 0.384. The molecular formula is C16H18BrNO3S.